The fourth-order valence-electron chi connectivity index (χ4n) is 3.42. The van der Waals surface area contributed by atoms with Crippen LogP contribution in [0.4, 0.5) is 5.69 Å². The van der Waals surface area contributed by atoms with Crippen molar-refractivity contribution in [1.82, 2.24) is 10.1 Å². The van der Waals surface area contributed by atoms with Crippen molar-refractivity contribution >= 4 is 27.0 Å². The monoisotopic (exact) mass is 403 g/mol. The first-order valence-corrected chi connectivity index (χ1v) is 11.3. The van der Waals surface area contributed by atoms with Crippen LogP contribution < -0.4 is 4.72 Å². The number of anilines is 1. The molecule has 8 heteroatoms. The van der Waals surface area contributed by atoms with Crippen LogP contribution in [0.1, 0.15) is 41.7 Å². The van der Waals surface area contributed by atoms with Gasteiger partial charge < -0.3 is 4.52 Å². The maximum atomic E-state index is 13.0. The van der Waals surface area contributed by atoms with Crippen LogP contribution in [0.2, 0.25) is 0 Å². The van der Waals surface area contributed by atoms with Gasteiger partial charge in [-0.3, -0.25) is 4.72 Å². The minimum Gasteiger partial charge on any atom is -0.339 e. The molecule has 3 aromatic rings. The third kappa shape index (κ3) is 3.51. The second kappa shape index (κ2) is 7.09. The van der Waals surface area contributed by atoms with Crippen molar-refractivity contribution in [3.8, 4) is 10.7 Å². The van der Waals surface area contributed by atoms with Gasteiger partial charge in [-0.25, -0.2) is 8.42 Å². The van der Waals surface area contributed by atoms with Gasteiger partial charge >= 0.3 is 0 Å². The van der Waals surface area contributed by atoms with Gasteiger partial charge in [0.05, 0.1) is 10.6 Å². The van der Waals surface area contributed by atoms with Gasteiger partial charge in [0.15, 0.2) is 0 Å². The Bertz CT molecular complexity index is 1080. The number of nitrogens with zero attached hydrogens (tertiary/aromatic N) is 2. The Morgan fingerprint density at radius 2 is 2.07 bits per heavy atom. The molecule has 1 aliphatic carbocycles. The van der Waals surface area contributed by atoms with E-state index in [9.17, 15) is 8.42 Å². The minimum atomic E-state index is -3.69. The Morgan fingerprint density at radius 3 is 2.85 bits per heavy atom. The first-order valence-electron chi connectivity index (χ1n) is 9.05. The van der Waals surface area contributed by atoms with E-state index < -0.39 is 10.0 Å². The topological polar surface area (TPSA) is 85.1 Å². The van der Waals surface area contributed by atoms with Crippen LogP contribution >= 0.6 is 11.3 Å². The molecule has 0 fully saturated rings. The lowest BCUT2D eigenvalue weighted by Gasteiger charge is -2.20. The minimum absolute atomic E-state index is 0.263. The molecule has 1 aromatic carbocycles. The van der Waals surface area contributed by atoms with E-state index in [2.05, 4.69) is 20.9 Å². The Kier molecular flexibility index (Phi) is 4.77. The highest BCUT2D eigenvalue weighted by molar-refractivity contribution is 7.93. The second-order valence-corrected chi connectivity index (χ2v) is 9.56. The molecule has 0 amide bonds. The summed E-state index contributed by atoms with van der Waals surface area (Å²) in [6.45, 7) is 3.72. The van der Waals surface area contributed by atoms with Crippen LogP contribution in [0.3, 0.4) is 0 Å². The summed E-state index contributed by atoms with van der Waals surface area (Å²) < 4.78 is 34.0. The number of hydrogen-bond donors (Lipinski definition) is 1. The number of sulfonamides is 1. The summed E-state index contributed by atoms with van der Waals surface area (Å²) in [6, 6.07) is 7.47. The summed E-state index contributed by atoms with van der Waals surface area (Å²) >= 11 is 1.35. The van der Waals surface area contributed by atoms with Crippen LogP contribution in [-0.2, 0) is 29.3 Å². The highest BCUT2D eigenvalue weighted by atomic mass is 32.2. The molecule has 0 aliphatic heterocycles. The molecule has 0 atom stereocenters. The number of aryl methyl sites for hydroxylation is 3. The number of hydrogen-bond acceptors (Lipinski definition) is 6. The van der Waals surface area contributed by atoms with E-state index in [0.717, 1.165) is 31.2 Å². The summed E-state index contributed by atoms with van der Waals surface area (Å²) in [5.41, 5.74) is 3.04. The van der Waals surface area contributed by atoms with Gasteiger partial charge in [-0.15, -0.1) is 11.3 Å². The summed E-state index contributed by atoms with van der Waals surface area (Å²) in [7, 11) is -3.69. The lowest BCUT2D eigenvalue weighted by atomic mass is 9.91. The van der Waals surface area contributed by atoms with E-state index in [1.54, 1.807) is 13.0 Å². The average molecular weight is 404 g/mol. The van der Waals surface area contributed by atoms with E-state index >= 15 is 0 Å². The van der Waals surface area contributed by atoms with E-state index in [1.807, 2.05) is 19.1 Å². The Labute approximate surface area is 162 Å². The van der Waals surface area contributed by atoms with Crippen LogP contribution in [-0.4, -0.2) is 18.6 Å². The first-order chi connectivity index (χ1) is 13.0. The molecule has 1 N–H and O–H groups in total. The molecule has 0 saturated carbocycles. The molecule has 0 spiro atoms. The molecule has 0 saturated heterocycles. The standard InChI is InChI=1S/C19H21N3O3S2/c1-3-18-20-19(21-25-18)16-11-17(12(2)26-16)27(23,24)22-15-10-6-8-13-7-4-5-9-14(13)15/h6,8,10-11,22H,3-5,7,9H2,1-2H3. The van der Waals surface area contributed by atoms with Gasteiger partial charge in [0.25, 0.3) is 10.0 Å². The predicted octanol–water partition coefficient (Wildman–Crippen LogP) is 4.35. The second-order valence-electron chi connectivity index (χ2n) is 6.65. The number of thiophene rings is 1. The van der Waals surface area contributed by atoms with Gasteiger partial charge in [-0.1, -0.05) is 24.2 Å². The van der Waals surface area contributed by atoms with Crippen LogP contribution in [0.25, 0.3) is 10.7 Å². The van der Waals surface area contributed by atoms with Crippen molar-refractivity contribution in [2.45, 2.75) is 50.8 Å². The van der Waals surface area contributed by atoms with Gasteiger partial charge in [0.1, 0.15) is 4.90 Å². The number of fused-ring (bicyclic) bond motifs is 1. The fourth-order valence-corrected chi connectivity index (χ4v) is 6.03. The van der Waals surface area contributed by atoms with Crippen LogP contribution in [0.15, 0.2) is 33.7 Å². The first kappa shape index (κ1) is 18.2. The van der Waals surface area contributed by atoms with Crippen molar-refractivity contribution in [2.24, 2.45) is 0 Å². The molecule has 6 nitrogen and oxygen atoms in total. The number of benzene rings is 1. The van der Waals surface area contributed by atoms with Crippen molar-refractivity contribution in [1.29, 1.82) is 0 Å². The molecule has 1 aliphatic rings. The van der Waals surface area contributed by atoms with E-state index in [4.69, 9.17) is 4.52 Å². The number of nitrogens with one attached hydrogen (secondary N) is 1. The fraction of sp³-hybridized carbons (Fsp3) is 0.368. The van der Waals surface area contributed by atoms with Gasteiger partial charge in [0, 0.05) is 11.3 Å². The van der Waals surface area contributed by atoms with Gasteiger partial charge in [-0.05, 0) is 55.9 Å². The van der Waals surface area contributed by atoms with Gasteiger partial charge in [-0.2, -0.15) is 4.98 Å². The molecule has 0 unspecified atom stereocenters. The number of rotatable bonds is 5. The lowest BCUT2D eigenvalue weighted by molar-refractivity contribution is 0.383. The zero-order chi connectivity index (χ0) is 19.0. The van der Waals surface area contributed by atoms with Crippen molar-refractivity contribution in [3.05, 3.63) is 46.2 Å². The maximum Gasteiger partial charge on any atom is 0.263 e. The molecule has 27 heavy (non-hydrogen) atoms. The zero-order valence-electron chi connectivity index (χ0n) is 15.3. The molecule has 2 aromatic heterocycles. The Balaban J connectivity index is 1.67. The van der Waals surface area contributed by atoms with Crippen molar-refractivity contribution in [3.63, 3.8) is 0 Å². The molecule has 0 bridgehead atoms. The quantitative estimate of drug-likeness (QED) is 0.685. The molecule has 2 heterocycles. The highest BCUT2D eigenvalue weighted by Crippen LogP contribution is 2.34. The summed E-state index contributed by atoms with van der Waals surface area (Å²) in [4.78, 5) is 5.94. The summed E-state index contributed by atoms with van der Waals surface area (Å²) in [5.74, 6) is 0.966. The van der Waals surface area contributed by atoms with E-state index in [1.165, 1.54) is 16.9 Å². The van der Waals surface area contributed by atoms with Crippen molar-refractivity contribution in [2.75, 3.05) is 4.72 Å². The maximum absolute atomic E-state index is 13.0. The molecule has 0 radical (unpaired) electrons. The summed E-state index contributed by atoms with van der Waals surface area (Å²) in [6.07, 6.45) is 4.80. The van der Waals surface area contributed by atoms with Crippen LogP contribution in [0.5, 0.6) is 0 Å². The molecule has 142 valence electrons. The third-order valence-corrected chi connectivity index (χ3v) is 7.46. The smallest absolute Gasteiger partial charge is 0.263 e. The Morgan fingerprint density at radius 1 is 1.26 bits per heavy atom. The summed E-state index contributed by atoms with van der Waals surface area (Å²) in [5, 5.41) is 3.94. The zero-order valence-corrected chi connectivity index (χ0v) is 16.9. The predicted molar refractivity (Wildman–Crippen MR) is 106 cm³/mol. The van der Waals surface area contributed by atoms with E-state index in [-0.39, 0.29) is 4.90 Å². The Hall–Kier alpha value is -2.19. The largest absolute Gasteiger partial charge is 0.339 e. The molecular formula is C19H21N3O3S2. The van der Waals surface area contributed by atoms with Crippen LogP contribution in [0, 0.1) is 6.92 Å². The van der Waals surface area contributed by atoms with Crippen molar-refractivity contribution < 1.29 is 12.9 Å². The van der Waals surface area contributed by atoms with E-state index in [0.29, 0.717) is 33.6 Å². The highest BCUT2D eigenvalue weighted by Gasteiger charge is 2.24. The van der Waals surface area contributed by atoms with Gasteiger partial charge in [0.2, 0.25) is 11.7 Å². The SMILES string of the molecule is CCc1nc(-c2cc(S(=O)(=O)Nc3cccc4c3CCCC4)c(C)s2)no1. The third-order valence-electron chi connectivity index (χ3n) is 4.79. The average Bonchev–Trinajstić information content (AvgIpc) is 3.28. The number of aromatic nitrogens is 2. The molecular weight excluding hydrogens is 382 g/mol. The molecule has 4 rings (SSSR count). The normalized spacial score (nSPS) is 14.1. The lowest BCUT2D eigenvalue weighted by Crippen LogP contribution is -2.16.